The van der Waals surface area contributed by atoms with E-state index in [1.54, 1.807) is 19.4 Å². The van der Waals surface area contributed by atoms with Gasteiger partial charge < -0.3 is 18.8 Å². The molecule has 1 saturated heterocycles. The number of amides is 1. The second-order valence-electron chi connectivity index (χ2n) is 8.98. The van der Waals surface area contributed by atoms with Crippen LogP contribution in [0.2, 0.25) is 0 Å². The summed E-state index contributed by atoms with van der Waals surface area (Å²) in [5.74, 6) is 1.68. The summed E-state index contributed by atoms with van der Waals surface area (Å²) in [6.07, 6.45) is 7.93. The number of likely N-dealkylation sites (tertiary alicyclic amines) is 1. The fraction of sp³-hybridized carbons (Fsp3) is 0.414. The van der Waals surface area contributed by atoms with E-state index < -0.39 is 0 Å². The summed E-state index contributed by atoms with van der Waals surface area (Å²) in [5, 5.41) is 1.01. The molecule has 0 saturated carbocycles. The maximum atomic E-state index is 13.2. The van der Waals surface area contributed by atoms with Gasteiger partial charge in [0.25, 0.3) is 0 Å². The lowest BCUT2D eigenvalue weighted by Gasteiger charge is -2.34. The first-order chi connectivity index (χ1) is 16.5. The lowest BCUT2D eigenvalue weighted by Crippen LogP contribution is -2.42. The number of rotatable bonds is 7. The number of carbonyl (C=O) groups is 1. The zero-order chi connectivity index (χ0) is 24.2. The van der Waals surface area contributed by atoms with Gasteiger partial charge in [0, 0.05) is 40.7 Å². The van der Waals surface area contributed by atoms with Crippen LogP contribution in [0.25, 0.3) is 27.7 Å². The summed E-state index contributed by atoms with van der Waals surface area (Å²) in [5.41, 5.74) is 5.64. The van der Waals surface area contributed by atoms with Crippen molar-refractivity contribution in [2.75, 3.05) is 20.3 Å². The number of furan rings is 1. The largest absolute Gasteiger partial charge is 0.497 e. The van der Waals surface area contributed by atoms with Crippen LogP contribution in [0.3, 0.4) is 0 Å². The predicted molar refractivity (Wildman–Crippen MR) is 137 cm³/mol. The quantitative estimate of drug-likeness (QED) is 0.355. The van der Waals surface area contributed by atoms with Gasteiger partial charge in [-0.2, -0.15) is 0 Å². The third-order valence-corrected chi connectivity index (χ3v) is 6.88. The van der Waals surface area contributed by atoms with Gasteiger partial charge in [0.15, 0.2) is 0 Å². The number of piperidine rings is 1. The molecular weight excluding hydrogens is 426 g/mol. The molecule has 1 atom stereocenters. The third kappa shape index (κ3) is 4.56. The lowest BCUT2D eigenvalue weighted by atomic mass is 9.95. The summed E-state index contributed by atoms with van der Waals surface area (Å²) in [6, 6.07) is 10.4. The molecular formula is C29H35NO4. The number of benzene rings is 2. The average molecular weight is 462 g/mol. The van der Waals surface area contributed by atoms with E-state index in [9.17, 15) is 4.79 Å². The summed E-state index contributed by atoms with van der Waals surface area (Å²) in [6.45, 7) is 9.53. The molecule has 3 aromatic rings. The Morgan fingerprint density at radius 2 is 1.97 bits per heavy atom. The molecule has 5 nitrogen and oxygen atoms in total. The van der Waals surface area contributed by atoms with E-state index in [4.69, 9.17) is 13.9 Å². The van der Waals surface area contributed by atoms with Crippen molar-refractivity contribution in [1.82, 2.24) is 4.90 Å². The van der Waals surface area contributed by atoms with Crippen molar-refractivity contribution in [3.05, 3.63) is 53.8 Å². The van der Waals surface area contributed by atoms with Crippen LogP contribution in [-0.4, -0.2) is 37.1 Å². The highest BCUT2D eigenvalue weighted by molar-refractivity contribution is 6.01. The molecule has 1 aromatic heterocycles. The molecule has 1 aliphatic heterocycles. The Labute approximate surface area is 202 Å². The Morgan fingerprint density at radius 1 is 1.21 bits per heavy atom. The highest BCUT2D eigenvalue weighted by Gasteiger charge is 2.25. The Balaban J connectivity index is 1.79. The normalized spacial score (nSPS) is 16.7. The van der Waals surface area contributed by atoms with Crippen LogP contribution in [0.15, 0.2) is 47.1 Å². The van der Waals surface area contributed by atoms with Crippen LogP contribution in [0.4, 0.5) is 0 Å². The molecule has 0 radical (unpaired) electrons. The van der Waals surface area contributed by atoms with Crippen LogP contribution in [0.5, 0.6) is 11.5 Å². The van der Waals surface area contributed by atoms with Crippen LogP contribution < -0.4 is 9.47 Å². The van der Waals surface area contributed by atoms with Crippen molar-refractivity contribution in [2.45, 2.75) is 59.4 Å². The van der Waals surface area contributed by atoms with Gasteiger partial charge in [-0.25, -0.2) is 0 Å². The number of aryl methyl sites for hydroxylation is 1. The number of hydrogen-bond acceptors (Lipinski definition) is 4. The molecule has 1 fully saturated rings. The zero-order valence-electron chi connectivity index (χ0n) is 20.9. The molecule has 1 unspecified atom stereocenters. The lowest BCUT2D eigenvalue weighted by molar-refractivity contribution is -0.129. The van der Waals surface area contributed by atoms with E-state index in [-0.39, 0.29) is 5.91 Å². The molecule has 0 aliphatic carbocycles. The molecule has 180 valence electrons. The first-order valence-corrected chi connectivity index (χ1v) is 12.3. The van der Waals surface area contributed by atoms with E-state index >= 15 is 0 Å². The minimum atomic E-state index is 0.0896. The predicted octanol–water partition coefficient (Wildman–Crippen LogP) is 7.01. The second-order valence-corrected chi connectivity index (χ2v) is 8.98. The number of fused-ring (bicyclic) bond motifs is 1. The van der Waals surface area contributed by atoms with Crippen molar-refractivity contribution in [2.24, 2.45) is 0 Å². The molecule has 1 amide bonds. The fourth-order valence-corrected chi connectivity index (χ4v) is 4.99. The molecule has 5 heteroatoms. The van der Waals surface area contributed by atoms with Gasteiger partial charge in [-0.15, -0.1) is 0 Å². The Morgan fingerprint density at radius 3 is 2.65 bits per heavy atom. The Bertz CT molecular complexity index is 1190. The third-order valence-electron chi connectivity index (χ3n) is 6.88. The average Bonchev–Trinajstić information content (AvgIpc) is 3.29. The van der Waals surface area contributed by atoms with E-state index in [2.05, 4.69) is 13.0 Å². The van der Waals surface area contributed by atoms with Crippen LogP contribution >= 0.6 is 0 Å². The van der Waals surface area contributed by atoms with E-state index in [1.165, 1.54) is 6.42 Å². The fourth-order valence-electron chi connectivity index (χ4n) is 4.99. The van der Waals surface area contributed by atoms with Crippen molar-refractivity contribution < 1.29 is 18.7 Å². The van der Waals surface area contributed by atoms with Crippen LogP contribution in [0.1, 0.15) is 57.6 Å². The van der Waals surface area contributed by atoms with Crippen molar-refractivity contribution in [3.8, 4) is 22.6 Å². The monoisotopic (exact) mass is 461 g/mol. The summed E-state index contributed by atoms with van der Waals surface area (Å²) < 4.78 is 17.4. The highest BCUT2D eigenvalue weighted by atomic mass is 16.5. The van der Waals surface area contributed by atoms with Crippen molar-refractivity contribution in [1.29, 1.82) is 0 Å². The topological polar surface area (TPSA) is 51.9 Å². The first-order valence-electron chi connectivity index (χ1n) is 12.3. The maximum absolute atomic E-state index is 13.2. The van der Waals surface area contributed by atoms with Crippen LogP contribution in [0, 0.1) is 6.92 Å². The van der Waals surface area contributed by atoms with E-state index in [0.717, 1.165) is 76.1 Å². The highest BCUT2D eigenvalue weighted by Crippen LogP contribution is 2.41. The minimum Gasteiger partial charge on any atom is -0.497 e. The zero-order valence-corrected chi connectivity index (χ0v) is 20.9. The number of nitrogens with zero attached hydrogens (tertiary/aromatic N) is 1. The molecule has 2 heterocycles. The maximum Gasteiger partial charge on any atom is 0.247 e. The number of allylic oxidation sites excluding steroid dienone is 1. The van der Waals surface area contributed by atoms with Gasteiger partial charge in [0.1, 0.15) is 17.1 Å². The molecule has 4 rings (SSSR count). The summed E-state index contributed by atoms with van der Waals surface area (Å²) in [7, 11) is 1.66. The first kappa shape index (κ1) is 23.9. The smallest absolute Gasteiger partial charge is 0.247 e. The Kier molecular flexibility index (Phi) is 7.30. The molecule has 34 heavy (non-hydrogen) atoms. The summed E-state index contributed by atoms with van der Waals surface area (Å²) >= 11 is 0. The SMILES string of the molecule is CCOc1c(/C(C)=C/C(=O)N2CCCCC2CC)cc2c(-c3ccc(OC)cc3)coc2c1C. The van der Waals surface area contributed by atoms with E-state index in [1.807, 2.05) is 49.9 Å². The Hall–Kier alpha value is -3.21. The molecule has 2 aromatic carbocycles. The van der Waals surface area contributed by atoms with Crippen LogP contribution in [-0.2, 0) is 4.79 Å². The number of methoxy groups -OCH3 is 1. The van der Waals surface area contributed by atoms with Gasteiger partial charge >= 0.3 is 0 Å². The van der Waals surface area contributed by atoms with Gasteiger partial charge in [0.05, 0.1) is 20.0 Å². The van der Waals surface area contributed by atoms with Gasteiger partial charge in [-0.05, 0) is 75.8 Å². The molecule has 0 N–H and O–H groups in total. The molecule has 1 aliphatic rings. The minimum absolute atomic E-state index is 0.0896. The van der Waals surface area contributed by atoms with Crippen molar-refractivity contribution >= 4 is 22.4 Å². The number of carbonyl (C=O) groups excluding carboxylic acids is 1. The van der Waals surface area contributed by atoms with Gasteiger partial charge in [0.2, 0.25) is 5.91 Å². The molecule has 0 bridgehead atoms. The number of hydrogen-bond donors (Lipinski definition) is 0. The second kappa shape index (κ2) is 10.4. The number of ether oxygens (including phenoxy) is 2. The van der Waals surface area contributed by atoms with Gasteiger partial charge in [-0.3, -0.25) is 4.79 Å². The van der Waals surface area contributed by atoms with E-state index in [0.29, 0.717) is 12.6 Å². The van der Waals surface area contributed by atoms with Crippen molar-refractivity contribution in [3.63, 3.8) is 0 Å². The van der Waals surface area contributed by atoms with Gasteiger partial charge in [-0.1, -0.05) is 19.1 Å². The summed E-state index contributed by atoms with van der Waals surface area (Å²) in [4.78, 5) is 15.3. The molecule has 0 spiro atoms. The standard InChI is InChI=1S/C29H35NO4/c1-6-22-10-8-9-15-30(22)27(31)16-19(3)24-17-25-26(21-11-13-23(32-5)14-12-21)18-34-29(25)20(4)28(24)33-7-2/h11-14,16-18,22H,6-10,15H2,1-5H3/b19-16+.